The van der Waals surface area contributed by atoms with Crippen LogP contribution in [-0.2, 0) is 6.54 Å². The lowest BCUT2D eigenvalue weighted by molar-refractivity contribution is -0.861. The molecule has 22 heavy (non-hydrogen) atoms. The standard InChI is InChI=1S/C17H18Cl2N2O/c1-20(2)9-13(22)10-21-16-5-3-11(18)7-14(16)15-8-12(19)4-6-17(15)21/h3-8,13,22H,9-10H2,1-2H3/p+1/t13-/m1/s1. The fourth-order valence-electron chi connectivity index (χ4n) is 2.99. The van der Waals surface area contributed by atoms with Crippen molar-refractivity contribution in [1.29, 1.82) is 0 Å². The minimum absolute atomic E-state index is 0.407. The number of rotatable bonds is 4. The van der Waals surface area contributed by atoms with Crippen molar-refractivity contribution in [2.45, 2.75) is 12.6 Å². The first kappa shape index (κ1) is 15.6. The largest absolute Gasteiger partial charge is 0.385 e. The minimum Gasteiger partial charge on any atom is -0.385 e. The van der Waals surface area contributed by atoms with Crippen molar-refractivity contribution >= 4 is 45.0 Å². The Bertz CT molecular complexity index is 767. The summed E-state index contributed by atoms with van der Waals surface area (Å²) in [7, 11) is 4.07. The number of nitrogens with one attached hydrogen (secondary N) is 1. The van der Waals surface area contributed by atoms with Gasteiger partial charge in [-0.1, -0.05) is 23.2 Å². The lowest BCUT2D eigenvalue weighted by atomic mass is 10.1. The number of hydrogen-bond acceptors (Lipinski definition) is 1. The van der Waals surface area contributed by atoms with Crippen LogP contribution in [0, 0.1) is 0 Å². The van der Waals surface area contributed by atoms with E-state index in [4.69, 9.17) is 23.2 Å². The Morgan fingerprint density at radius 2 is 1.50 bits per heavy atom. The number of halogens is 2. The lowest BCUT2D eigenvalue weighted by Gasteiger charge is -2.16. The van der Waals surface area contributed by atoms with Gasteiger partial charge in [0.1, 0.15) is 12.6 Å². The van der Waals surface area contributed by atoms with Crippen LogP contribution in [0.15, 0.2) is 36.4 Å². The lowest BCUT2D eigenvalue weighted by Crippen LogP contribution is -3.07. The molecule has 1 heterocycles. The SMILES string of the molecule is C[NH+](C)C[C@@H](O)Cn1c2ccc(Cl)cc2c2cc(Cl)ccc21. The summed E-state index contributed by atoms with van der Waals surface area (Å²) >= 11 is 12.3. The van der Waals surface area contributed by atoms with Crippen molar-refractivity contribution in [3.63, 3.8) is 0 Å². The molecule has 0 unspecified atom stereocenters. The molecule has 0 aliphatic carbocycles. The van der Waals surface area contributed by atoms with E-state index in [1.807, 2.05) is 50.5 Å². The van der Waals surface area contributed by atoms with Crippen LogP contribution in [0.5, 0.6) is 0 Å². The molecule has 0 aliphatic heterocycles. The number of likely N-dealkylation sites (N-methyl/N-ethyl adjacent to an activating group) is 1. The minimum atomic E-state index is -0.407. The van der Waals surface area contributed by atoms with Gasteiger partial charge in [-0.3, -0.25) is 0 Å². The normalized spacial score (nSPS) is 13.4. The molecule has 2 N–H and O–H groups in total. The molecule has 0 fully saturated rings. The van der Waals surface area contributed by atoms with Crippen molar-refractivity contribution in [3.8, 4) is 0 Å². The first-order valence-corrected chi connectivity index (χ1v) is 8.05. The first-order valence-electron chi connectivity index (χ1n) is 7.30. The highest BCUT2D eigenvalue weighted by atomic mass is 35.5. The molecule has 1 atom stereocenters. The summed E-state index contributed by atoms with van der Waals surface area (Å²) in [4.78, 5) is 1.22. The van der Waals surface area contributed by atoms with Crippen LogP contribution in [0.4, 0.5) is 0 Å². The van der Waals surface area contributed by atoms with Crippen LogP contribution in [0.2, 0.25) is 10.0 Å². The molecule has 0 saturated heterocycles. The zero-order valence-electron chi connectivity index (χ0n) is 12.6. The van der Waals surface area contributed by atoms with Gasteiger partial charge in [-0.05, 0) is 36.4 Å². The fourth-order valence-corrected chi connectivity index (χ4v) is 3.34. The zero-order chi connectivity index (χ0) is 15.9. The van der Waals surface area contributed by atoms with Gasteiger partial charge in [0.25, 0.3) is 0 Å². The van der Waals surface area contributed by atoms with Crippen LogP contribution in [0.1, 0.15) is 0 Å². The third-order valence-electron chi connectivity index (χ3n) is 3.83. The van der Waals surface area contributed by atoms with Crippen LogP contribution < -0.4 is 4.90 Å². The molecular weight excluding hydrogens is 319 g/mol. The summed E-state index contributed by atoms with van der Waals surface area (Å²) in [5.41, 5.74) is 2.13. The van der Waals surface area contributed by atoms with Crippen LogP contribution in [0.25, 0.3) is 21.8 Å². The molecule has 0 saturated carbocycles. The van der Waals surface area contributed by atoms with Crippen LogP contribution >= 0.6 is 23.2 Å². The predicted molar refractivity (Wildman–Crippen MR) is 93.1 cm³/mol. The van der Waals surface area contributed by atoms with E-state index in [0.717, 1.165) is 21.8 Å². The van der Waals surface area contributed by atoms with Crippen LogP contribution in [-0.4, -0.2) is 36.4 Å². The van der Waals surface area contributed by atoms with Gasteiger partial charge in [-0.25, -0.2) is 0 Å². The maximum absolute atomic E-state index is 10.3. The van der Waals surface area contributed by atoms with Crippen LogP contribution in [0.3, 0.4) is 0 Å². The highest BCUT2D eigenvalue weighted by Crippen LogP contribution is 2.32. The van der Waals surface area contributed by atoms with Gasteiger partial charge in [0.2, 0.25) is 0 Å². The molecule has 5 heteroatoms. The average Bonchev–Trinajstić information content (AvgIpc) is 2.71. The number of benzene rings is 2. The molecule has 0 aliphatic rings. The molecule has 3 nitrogen and oxygen atoms in total. The molecule has 0 radical (unpaired) electrons. The van der Waals surface area contributed by atoms with Gasteiger partial charge in [0, 0.05) is 31.9 Å². The number of fused-ring (bicyclic) bond motifs is 3. The van der Waals surface area contributed by atoms with Crippen molar-refractivity contribution in [2.75, 3.05) is 20.6 Å². The Kier molecular flexibility index (Phi) is 4.33. The summed E-state index contributed by atoms with van der Waals surface area (Å²) in [5, 5.41) is 13.9. The number of nitrogens with zero attached hydrogens (tertiary/aromatic N) is 1. The van der Waals surface area contributed by atoms with Gasteiger partial charge < -0.3 is 14.6 Å². The fraction of sp³-hybridized carbons (Fsp3) is 0.294. The molecule has 3 aromatic rings. The Morgan fingerprint density at radius 1 is 1.00 bits per heavy atom. The molecule has 1 aromatic heterocycles. The second kappa shape index (κ2) is 6.09. The molecule has 0 amide bonds. The maximum Gasteiger partial charge on any atom is 0.121 e. The van der Waals surface area contributed by atoms with E-state index in [1.54, 1.807) is 0 Å². The predicted octanol–water partition coefficient (Wildman–Crippen LogP) is 2.61. The molecule has 3 rings (SSSR count). The van der Waals surface area contributed by atoms with Crippen molar-refractivity contribution in [3.05, 3.63) is 46.4 Å². The topological polar surface area (TPSA) is 29.6 Å². The number of quaternary nitrogens is 1. The monoisotopic (exact) mass is 337 g/mol. The highest BCUT2D eigenvalue weighted by Gasteiger charge is 2.16. The van der Waals surface area contributed by atoms with E-state index in [0.29, 0.717) is 23.1 Å². The Labute approximate surface area is 139 Å². The highest BCUT2D eigenvalue weighted by molar-refractivity contribution is 6.33. The van der Waals surface area contributed by atoms with Gasteiger partial charge in [-0.2, -0.15) is 0 Å². The third-order valence-corrected chi connectivity index (χ3v) is 4.30. The van der Waals surface area contributed by atoms with Crippen molar-refractivity contribution < 1.29 is 10.0 Å². The number of hydrogen-bond donors (Lipinski definition) is 2. The summed E-state index contributed by atoms with van der Waals surface area (Å²) in [6.07, 6.45) is -0.407. The van der Waals surface area contributed by atoms with Gasteiger partial charge in [-0.15, -0.1) is 0 Å². The quantitative estimate of drug-likeness (QED) is 0.753. The van der Waals surface area contributed by atoms with Gasteiger partial charge >= 0.3 is 0 Å². The summed E-state index contributed by atoms with van der Waals surface area (Å²) in [6, 6.07) is 11.7. The van der Waals surface area contributed by atoms with E-state index >= 15 is 0 Å². The molecule has 116 valence electrons. The second-order valence-corrected chi connectivity index (χ2v) is 6.87. The smallest absolute Gasteiger partial charge is 0.121 e. The number of aromatic nitrogens is 1. The number of aliphatic hydroxyl groups excluding tert-OH is 1. The Balaban J connectivity index is 2.18. The molecule has 2 aromatic carbocycles. The van der Waals surface area contributed by atoms with Crippen molar-refractivity contribution in [2.24, 2.45) is 0 Å². The summed E-state index contributed by atoms with van der Waals surface area (Å²) in [6.45, 7) is 1.25. The maximum atomic E-state index is 10.3. The van der Waals surface area contributed by atoms with E-state index in [1.165, 1.54) is 4.90 Å². The van der Waals surface area contributed by atoms with Gasteiger partial charge in [0.05, 0.1) is 20.6 Å². The van der Waals surface area contributed by atoms with E-state index in [9.17, 15) is 5.11 Å². The number of aliphatic hydroxyl groups is 1. The summed E-state index contributed by atoms with van der Waals surface area (Å²) < 4.78 is 2.14. The molecule has 0 bridgehead atoms. The van der Waals surface area contributed by atoms with Gasteiger partial charge in [0.15, 0.2) is 0 Å². The Morgan fingerprint density at radius 3 is 1.95 bits per heavy atom. The van der Waals surface area contributed by atoms with E-state index in [-0.39, 0.29) is 0 Å². The van der Waals surface area contributed by atoms with Crippen molar-refractivity contribution in [1.82, 2.24) is 4.57 Å². The first-order chi connectivity index (χ1) is 10.5. The van der Waals surface area contributed by atoms with E-state index < -0.39 is 6.10 Å². The average molecular weight is 338 g/mol. The second-order valence-electron chi connectivity index (χ2n) is 6.00. The van der Waals surface area contributed by atoms with E-state index in [2.05, 4.69) is 4.57 Å². The summed E-state index contributed by atoms with van der Waals surface area (Å²) in [5.74, 6) is 0. The molecule has 0 spiro atoms. The third kappa shape index (κ3) is 2.95. The zero-order valence-corrected chi connectivity index (χ0v) is 14.1. The Hall–Kier alpha value is -1.26. The molecular formula is C17H19Cl2N2O+.